The van der Waals surface area contributed by atoms with Gasteiger partial charge in [0, 0.05) is 69.2 Å². The van der Waals surface area contributed by atoms with Crippen LogP contribution in [0, 0.1) is 6.92 Å². The third-order valence-corrected chi connectivity index (χ3v) is 9.25. The molecule has 2 aromatic carbocycles. The van der Waals surface area contributed by atoms with E-state index in [1.54, 1.807) is 53.6 Å². The van der Waals surface area contributed by atoms with Crippen LogP contribution >= 0.6 is 11.6 Å². The molecule has 1 saturated heterocycles. The van der Waals surface area contributed by atoms with E-state index in [-0.39, 0.29) is 42.7 Å². The fourth-order valence-electron chi connectivity index (χ4n) is 6.01. The second-order valence-corrected chi connectivity index (χ2v) is 13.1. The lowest BCUT2D eigenvalue weighted by atomic mass is 9.98. The molecular formula is C38H43ClN8O6. The van der Waals surface area contributed by atoms with Gasteiger partial charge in [0.25, 0.3) is 11.8 Å². The van der Waals surface area contributed by atoms with Gasteiger partial charge in [-0.2, -0.15) is 0 Å². The van der Waals surface area contributed by atoms with Gasteiger partial charge < -0.3 is 37.2 Å². The standard InChI is InChI=1S/C38H43ClN8O6/c1-23-27(5-2-7-29(23)45-36(50)31-12-10-24(19-43-31)18-41-15-16-42-34(49)9-4-14-40)28-6-3-8-30(35(28)39)46-37(51)32-13-11-25(20-44-32)21-47-22-26(48)17-33(47)38(52)53/h2-3,5-8,10-13,19-20,26,33,41,48H,4,9,14-18,21-22,40H2,1H3,(H,42,49)(H,45,50)(H,46,51)(H,52,53)/t26-,33+/m1/s1. The molecule has 4 aromatic rings. The van der Waals surface area contributed by atoms with Crippen molar-refractivity contribution in [3.8, 4) is 11.1 Å². The van der Waals surface area contributed by atoms with E-state index in [1.807, 2.05) is 25.1 Å². The molecule has 1 aliphatic rings. The summed E-state index contributed by atoms with van der Waals surface area (Å²) in [5.41, 5.74) is 10.5. The third kappa shape index (κ3) is 10.4. The van der Waals surface area contributed by atoms with Crippen molar-refractivity contribution >= 4 is 46.7 Å². The number of likely N-dealkylation sites (tertiary alicyclic amines) is 1. The first kappa shape index (κ1) is 39.0. The van der Waals surface area contributed by atoms with Crippen LogP contribution in [-0.4, -0.2) is 87.1 Å². The molecule has 1 aliphatic heterocycles. The van der Waals surface area contributed by atoms with Crippen molar-refractivity contribution in [3.63, 3.8) is 0 Å². The van der Waals surface area contributed by atoms with Crippen LogP contribution in [0.4, 0.5) is 11.4 Å². The minimum atomic E-state index is -0.990. The molecule has 0 radical (unpaired) electrons. The van der Waals surface area contributed by atoms with Gasteiger partial charge in [-0.3, -0.25) is 34.0 Å². The van der Waals surface area contributed by atoms with Crippen molar-refractivity contribution in [2.45, 2.75) is 51.4 Å². The van der Waals surface area contributed by atoms with E-state index in [9.17, 15) is 29.4 Å². The van der Waals surface area contributed by atoms with Gasteiger partial charge in [0.15, 0.2) is 0 Å². The number of aliphatic carboxylic acids is 1. The molecule has 1 fully saturated rings. The Morgan fingerprint density at radius 2 is 1.53 bits per heavy atom. The summed E-state index contributed by atoms with van der Waals surface area (Å²) < 4.78 is 0. The van der Waals surface area contributed by atoms with Gasteiger partial charge in [-0.15, -0.1) is 0 Å². The number of carbonyl (C=O) groups excluding carboxylic acids is 3. The SMILES string of the molecule is Cc1c(NC(=O)c2ccc(CNCCNC(=O)CCCN)cn2)cccc1-c1cccc(NC(=O)c2ccc(CN3C[C@H](O)C[C@H]3C(=O)O)cn2)c1Cl. The molecule has 0 unspecified atom stereocenters. The van der Waals surface area contributed by atoms with Crippen molar-refractivity contribution in [3.05, 3.63) is 106 Å². The lowest BCUT2D eigenvalue weighted by Crippen LogP contribution is -2.35. The van der Waals surface area contributed by atoms with Gasteiger partial charge in [0.05, 0.1) is 16.8 Å². The number of pyridine rings is 2. The molecule has 3 heterocycles. The normalized spacial score (nSPS) is 15.5. The van der Waals surface area contributed by atoms with Gasteiger partial charge in [0.1, 0.15) is 17.4 Å². The number of nitrogens with zero attached hydrogens (tertiary/aromatic N) is 3. The molecule has 0 saturated carbocycles. The van der Waals surface area contributed by atoms with Crippen LogP contribution in [0.5, 0.6) is 0 Å². The first-order valence-electron chi connectivity index (χ1n) is 17.3. The number of aliphatic hydroxyl groups excluding tert-OH is 1. The van der Waals surface area contributed by atoms with E-state index in [0.29, 0.717) is 66.5 Å². The number of hydrogen-bond donors (Lipinski definition) is 7. The van der Waals surface area contributed by atoms with Crippen LogP contribution in [0.2, 0.25) is 5.02 Å². The molecule has 0 aliphatic carbocycles. The van der Waals surface area contributed by atoms with Crippen LogP contribution < -0.4 is 27.0 Å². The summed E-state index contributed by atoms with van der Waals surface area (Å²) in [5.74, 6) is -1.87. The number of nitrogens with one attached hydrogen (secondary N) is 4. The summed E-state index contributed by atoms with van der Waals surface area (Å²) in [6.07, 6.45) is 3.67. The number of benzene rings is 2. The van der Waals surface area contributed by atoms with Crippen molar-refractivity contribution in [1.29, 1.82) is 0 Å². The summed E-state index contributed by atoms with van der Waals surface area (Å²) in [6, 6.07) is 16.7. The van der Waals surface area contributed by atoms with Gasteiger partial charge in [-0.1, -0.05) is 48.0 Å². The van der Waals surface area contributed by atoms with Crippen molar-refractivity contribution in [2.24, 2.45) is 5.73 Å². The minimum Gasteiger partial charge on any atom is -0.480 e. The Balaban J connectivity index is 1.18. The largest absolute Gasteiger partial charge is 0.480 e. The highest BCUT2D eigenvalue weighted by molar-refractivity contribution is 6.36. The lowest BCUT2D eigenvalue weighted by Gasteiger charge is -2.20. The molecule has 15 heteroatoms. The summed E-state index contributed by atoms with van der Waals surface area (Å²) in [7, 11) is 0. The Labute approximate surface area is 312 Å². The van der Waals surface area contributed by atoms with E-state index in [1.165, 1.54) is 6.20 Å². The number of anilines is 2. The maximum atomic E-state index is 13.2. The molecule has 0 bridgehead atoms. The van der Waals surface area contributed by atoms with Crippen molar-refractivity contribution in [1.82, 2.24) is 25.5 Å². The quantitative estimate of drug-likeness (QED) is 0.0825. The predicted molar refractivity (Wildman–Crippen MR) is 201 cm³/mol. The first-order valence-corrected chi connectivity index (χ1v) is 17.6. The number of nitrogens with two attached hydrogens (primary N) is 1. The minimum absolute atomic E-state index is 0.0226. The number of halogens is 1. The number of rotatable bonds is 16. The predicted octanol–water partition coefficient (Wildman–Crippen LogP) is 3.57. The molecule has 53 heavy (non-hydrogen) atoms. The number of carboxylic acids is 1. The molecule has 278 valence electrons. The molecule has 3 amide bonds. The number of hydrogen-bond acceptors (Lipinski definition) is 10. The van der Waals surface area contributed by atoms with Crippen molar-refractivity contribution < 1.29 is 29.4 Å². The van der Waals surface area contributed by atoms with Crippen LogP contribution in [0.3, 0.4) is 0 Å². The van der Waals surface area contributed by atoms with Gasteiger partial charge in [-0.25, -0.2) is 0 Å². The van der Waals surface area contributed by atoms with Crippen LogP contribution in [0.1, 0.15) is 56.9 Å². The Morgan fingerprint density at radius 3 is 2.17 bits per heavy atom. The summed E-state index contributed by atoms with van der Waals surface area (Å²) in [4.78, 5) is 59.8. The van der Waals surface area contributed by atoms with E-state index in [4.69, 9.17) is 17.3 Å². The molecule has 14 nitrogen and oxygen atoms in total. The van der Waals surface area contributed by atoms with Gasteiger partial charge in [0.2, 0.25) is 5.91 Å². The zero-order valence-electron chi connectivity index (χ0n) is 29.3. The van der Waals surface area contributed by atoms with Crippen molar-refractivity contribution in [2.75, 3.05) is 36.8 Å². The molecule has 8 N–H and O–H groups in total. The zero-order valence-corrected chi connectivity index (χ0v) is 30.0. The monoisotopic (exact) mass is 742 g/mol. The maximum absolute atomic E-state index is 13.2. The Hall–Kier alpha value is -5.25. The van der Waals surface area contributed by atoms with Crippen LogP contribution in [0.15, 0.2) is 73.1 Å². The number of carboxylic acid groups (broad SMARTS) is 1. The fraction of sp³-hybridized carbons (Fsp3) is 0.316. The maximum Gasteiger partial charge on any atom is 0.321 e. The van der Waals surface area contributed by atoms with Gasteiger partial charge in [-0.05, 0) is 66.4 Å². The highest BCUT2D eigenvalue weighted by Crippen LogP contribution is 2.37. The Bertz CT molecular complexity index is 1930. The first-order chi connectivity index (χ1) is 25.5. The lowest BCUT2D eigenvalue weighted by molar-refractivity contribution is -0.142. The van der Waals surface area contributed by atoms with E-state index < -0.39 is 24.0 Å². The number of amides is 3. The molecule has 2 aromatic heterocycles. The summed E-state index contributed by atoms with van der Waals surface area (Å²) in [5, 5.41) is 31.5. The average Bonchev–Trinajstić information content (AvgIpc) is 3.52. The van der Waals surface area contributed by atoms with E-state index in [2.05, 4.69) is 31.2 Å². The summed E-state index contributed by atoms with van der Waals surface area (Å²) >= 11 is 6.84. The zero-order chi connectivity index (χ0) is 37.9. The molecule has 5 rings (SSSR count). The second kappa shape index (κ2) is 18.5. The van der Waals surface area contributed by atoms with E-state index >= 15 is 0 Å². The van der Waals surface area contributed by atoms with Crippen LogP contribution in [0.25, 0.3) is 11.1 Å². The second-order valence-electron chi connectivity index (χ2n) is 12.7. The summed E-state index contributed by atoms with van der Waals surface area (Å²) in [6.45, 7) is 4.48. The highest BCUT2D eigenvalue weighted by atomic mass is 35.5. The third-order valence-electron chi connectivity index (χ3n) is 8.85. The highest BCUT2D eigenvalue weighted by Gasteiger charge is 2.35. The fourth-order valence-corrected chi connectivity index (χ4v) is 6.28. The van der Waals surface area contributed by atoms with Crippen LogP contribution in [-0.2, 0) is 22.7 Å². The molecular weight excluding hydrogens is 700 g/mol. The van der Waals surface area contributed by atoms with E-state index in [0.717, 1.165) is 16.7 Å². The Kier molecular flexibility index (Phi) is 13.6. The Morgan fingerprint density at radius 1 is 0.887 bits per heavy atom. The number of β-amino-alcohol motifs (C(OH)–C–C–N with tert-alkyl or cyclic N) is 1. The smallest absolute Gasteiger partial charge is 0.321 e. The number of carbonyl (C=O) groups is 4. The number of aliphatic hydroxyl groups is 1. The van der Waals surface area contributed by atoms with Gasteiger partial charge >= 0.3 is 5.97 Å². The molecule has 2 atom stereocenters. The average molecular weight is 743 g/mol. The number of aromatic nitrogens is 2. The molecule has 0 spiro atoms. The topological polar surface area (TPSA) is 212 Å².